The Morgan fingerprint density at radius 2 is 1.93 bits per heavy atom. The van der Waals surface area contributed by atoms with Gasteiger partial charge in [-0.05, 0) is 49.3 Å². The van der Waals surface area contributed by atoms with E-state index in [4.69, 9.17) is 4.74 Å². The molecular weight excluding hydrogens is 352 g/mol. The molecular formula is C22H28N4O2. The van der Waals surface area contributed by atoms with E-state index in [0.717, 1.165) is 31.0 Å². The van der Waals surface area contributed by atoms with Crippen LogP contribution in [-0.2, 0) is 19.4 Å². The number of hydrogen-bond acceptors (Lipinski definition) is 5. The van der Waals surface area contributed by atoms with Crippen molar-refractivity contribution in [3.63, 3.8) is 0 Å². The van der Waals surface area contributed by atoms with Gasteiger partial charge >= 0.3 is 6.01 Å². The summed E-state index contributed by atoms with van der Waals surface area (Å²) in [7, 11) is 0. The van der Waals surface area contributed by atoms with Crippen molar-refractivity contribution in [3.05, 3.63) is 52.8 Å². The van der Waals surface area contributed by atoms with Gasteiger partial charge in [-0.1, -0.05) is 24.6 Å². The van der Waals surface area contributed by atoms with Crippen LogP contribution in [0, 0.1) is 0 Å². The van der Waals surface area contributed by atoms with Crippen LogP contribution in [-0.4, -0.2) is 46.5 Å². The number of fused-ring (bicyclic) bond motifs is 1. The van der Waals surface area contributed by atoms with E-state index in [9.17, 15) is 4.79 Å². The van der Waals surface area contributed by atoms with Crippen LogP contribution < -0.4 is 10.1 Å². The van der Waals surface area contributed by atoms with Crippen LogP contribution in [0.4, 0.5) is 0 Å². The first-order chi connectivity index (χ1) is 13.7. The monoisotopic (exact) mass is 380 g/mol. The van der Waals surface area contributed by atoms with Gasteiger partial charge in [-0.3, -0.25) is 9.69 Å². The molecule has 1 fully saturated rings. The van der Waals surface area contributed by atoms with Crippen LogP contribution in [0.3, 0.4) is 0 Å². The highest BCUT2D eigenvalue weighted by atomic mass is 16.5. The molecule has 1 saturated carbocycles. The maximum Gasteiger partial charge on any atom is 0.316 e. The zero-order valence-electron chi connectivity index (χ0n) is 16.5. The molecule has 1 aromatic heterocycles. The zero-order chi connectivity index (χ0) is 19.3. The molecule has 1 aliphatic carbocycles. The third kappa shape index (κ3) is 4.33. The van der Waals surface area contributed by atoms with Crippen LogP contribution in [0.5, 0.6) is 6.01 Å². The highest BCUT2D eigenvalue weighted by Gasteiger charge is 2.26. The Kier molecular flexibility index (Phi) is 5.86. The normalized spacial score (nSPS) is 17.3. The molecule has 0 atom stereocenters. The summed E-state index contributed by atoms with van der Waals surface area (Å²) in [6.07, 6.45) is 9.34. The molecule has 2 heterocycles. The van der Waals surface area contributed by atoms with E-state index in [-0.39, 0.29) is 5.91 Å². The van der Waals surface area contributed by atoms with Crippen LogP contribution in [0.2, 0.25) is 0 Å². The number of ether oxygens (including phenoxy) is 1. The third-order valence-corrected chi connectivity index (χ3v) is 5.82. The quantitative estimate of drug-likeness (QED) is 0.835. The van der Waals surface area contributed by atoms with Gasteiger partial charge in [0.2, 0.25) is 0 Å². The average molecular weight is 380 g/mol. The van der Waals surface area contributed by atoms with Gasteiger partial charge in [0.1, 0.15) is 0 Å². The molecule has 0 radical (unpaired) electrons. The van der Waals surface area contributed by atoms with Crippen molar-refractivity contribution in [2.24, 2.45) is 0 Å². The van der Waals surface area contributed by atoms with Gasteiger partial charge < -0.3 is 10.1 Å². The number of nitrogens with one attached hydrogen (secondary N) is 1. The van der Waals surface area contributed by atoms with E-state index in [1.807, 2.05) is 6.92 Å². The number of rotatable bonds is 6. The smallest absolute Gasteiger partial charge is 0.316 e. The molecule has 1 N–H and O–H groups in total. The first kappa shape index (κ1) is 18.9. The molecule has 1 aromatic carbocycles. The molecule has 1 amide bonds. The summed E-state index contributed by atoms with van der Waals surface area (Å²) in [4.78, 5) is 23.1. The summed E-state index contributed by atoms with van der Waals surface area (Å²) >= 11 is 0. The molecule has 0 spiro atoms. The van der Waals surface area contributed by atoms with Gasteiger partial charge in [0.05, 0.1) is 12.2 Å². The first-order valence-electron chi connectivity index (χ1n) is 10.3. The molecule has 0 unspecified atom stereocenters. The van der Waals surface area contributed by atoms with Gasteiger partial charge in [0.25, 0.3) is 5.91 Å². The van der Waals surface area contributed by atoms with E-state index in [1.54, 1.807) is 0 Å². The Morgan fingerprint density at radius 3 is 2.61 bits per heavy atom. The molecule has 0 bridgehead atoms. The Hall–Kier alpha value is -2.47. The van der Waals surface area contributed by atoms with Crippen molar-refractivity contribution in [1.29, 1.82) is 0 Å². The summed E-state index contributed by atoms with van der Waals surface area (Å²) in [5.41, 5.74) is 4.46. The van der Waals surface area contributed by atoms with E-state index in [0.29, 0.717) is 24.7 Å². The first-order valence-corrected chi connectivity index (χ1v) is 10.3. The van der Waals surface area contributed by atoms with Gasteiger partial charge in [-0.15, -0.1) is 0 Å². The minimum atomic E-state index is -0.172. The topological polar surface area (TPSA) is 67.3 Å². The predicted octanol–water partition coefficient (Wildman–Crippen LogP) is 2.76. The Labute approximate surface area is 166 Å². The van der Waals surface area contributed by atoms with Crippen LogP contribution >= 0.6 is 0 Å². The van der Waals surface area contributed by atoms with Gasteiger partial charge in [0.15, 0.2) is 0 Å². The molecule has 2 aliphatic rings. The number of carbonyl (C=O) groups excluding carboxylic acids is 1. The lowest BCUT2D eigenvalue weighted by atomic mass is 9.91. The van der Waals surface area contributed by atoms with Crippen molar-refractivity contribution >= 4 is 5.91 Å². The fourth-order valence-corrected chi connectivity index (χ4v) is 3.94. The lowest BCUT2D eigenvalue weighted by molar-refractivity contribution is 0.0950. The number of nitrogens with zero attached hydrogens (tertiary/aromatic N) is 3. The van der Waals surface area contributed by atoms with E-state index in [1.165, 1.54) is 49.3 Å². The molecule has 0 saturated heterocycles. The Balaban J connectivity index is 1.34. The van der Waals surface area contributed by atoms with Crippen LogP contribution in [0.1, 0.15) is 53.2 Å². The highest BCUT2D eigenvalue weighted by Crippen LogP contribution is 2.27. The minimum absolute atomic E-state index is 0.172. The Bertz CT molecular complexity index is 818. The van der Waals surface area contributed by atoms with Crippen molar-refractivity contribution < 1.29 is 9.53 Å². The fourth-order valence-electron chi connectivity index (χ4n) is 3.94. The number of aromatic nitrogens is 2. The summed E-state index contributed by atoms with van der Waals surface area (Å²) in [6.45, 7) is 5.20. The maximum atomic E-state index is 12.3. The molecule has 6 heteroatoms. The van der Waals surface area contributed by atoms with Crippen molar-refractivity contribution in [1.82, 2.24) is 20.2 Å². The summed E-state index contributed by atoms with van der Waals surface area (Å²) in [5, 5.41) is 2.96. The molecule has 148 valence electrons. The van der Waals surface area contributed by atoms with Crippen molar-refractivity contribution in [2.45, 2.75) is 51.6 Å². The standard InChI is InChI=1S/C22H28N4O2/c1-2-28-22-24-14-19(15-25-22)21(27)23-13-16-6-7-17-8-10-26(20-4-3-5-20)11-9-18(17)12-16/h6-7,12,14-15,20H,2-5,8-11,13H2,1H3,(H,23,27). The van der Waals surface area contributed by atoms with Crippen molar-refractivity contribution in [2.75, 3.05) is 19.7 Å². The number of hydrogen-bond donors (Lipinski definition) is 1. The molecule has 2 aromatic rings. The fraction of sp³-hybridized carbons (Fsp3) is 0.500. The summed E-state index contributed by atoms with van der Waals surface area (Å²) in [5.74, 6) is -0.172. The lowest BCUT2D eigenvalue weighted by Crippen LogP contribution is -2.41. The highest BCUT2D eigenvalue weighted by molar-refractivity contribution is 5.93. The van der Waals surface area contributed by atoms with Gasteiger partial charge in [-0.25, -0.2) is 9.97 Å². The summed E-state index contributed by atoms with van der Waals surface area (Å²) in [6, 6.07) is 7.73. The predicted molar refractivity (Wildman–Crippen MR) is 107 cm³/mol. The molecule has 6 nitrogen and oxygen atoms in total. The van der Waals surface area contributed by atoms with E-state index < -0.39 is 0 Å². The van der Waals surface area contributed by atoms with E-state index >= 15 is 0 Å². The van der Waals surface area contributed by atoms with Gasteiger partial charge in [0, 0.05) is 38.1 Å². The van der Waals surface area contributed by atoms with Crippen LogP contribution in [0.25, 0.3) is 0 Å². The third-order valence-electron chi connectivity index (χ3n) is 5.82. The van der Waals surface area contributed by atoms with Gasteiger partial charge in [-0.2, -0.15) is 0 Å². The second-order valence-corrected chi connectivity index (χ2v) is 7.59. The minimum Gasteiger partial charge on any atom is -0.464 e. The summed E-state index contributed by atoms with van der Waals surface area (Å²) < 4.78 is 5.21. The van der Waals surface area contributed by atoms with Crippen molar-refractivity contribution in [3.8, 4) is 6.01 Å². The number of amides is 1. The lowest BCUT2D eigenvalue weighted by Gasteiger charge is -2.36. The SMILES string of the molecule is CCOc1ncc(C(=O)NCc2ccc3c(c2)CCN(C2CCC2)CC3)cn1. The second kappa shape index (κ2) is 8.69. The Morgan fingerprint density at radius 1 is 1.18 bits per heavy atom. The average Bonchev–Trinajstić information content (AvgIpc) is 2.88. The maximum absolute atomic E-state index is 12.3. The molecule has 28 heavy (non-hydrogen) atoms. The van der Waals surface area contributed by atoms with E-state index in [2.05, 4.69) is 38.4 Å². The largest absolute Gasteiger partial charge is 0.464 e. The zero-order valence-corrected chi connectivity index (χ0v) is 16.5. The molecule has 1 aliphatic heterocycles. The number of carbonyl (C=O) groups is 1. The molecule has 4 rings (SSSR count). The van der Waals surface area contributed by atoms with Crippen LogP contribution in [0.15, 0.2) is 30.6 Å². The second-order valence-electron chi connectivity index (χ2n) is 7.59. The number of benzene rings is 1.